The van der Waals surface area contributed by atoms with Gasteiger partial charge in [0, 0.05) is 31.0 Å². The van der Waals surface area contributed by atoms with Gasteiger partial charge in [0.1, 0.15) is 11.5 Å². The fourth-order valence-corrected chi connectivity index (χ4v) is 3.39. The van der Waals surface area contributed by atoms with Crippen LogP contribution in [-0.2, 0) is 0 Å². The largest absolute Gasteiger partial charge is 0.354 e. The molecule has 8 nitrogen and oxygen atoms in total. The van der Waals surface area contributed by atoms with Crippen LogP contribution in [0.25, 0.3) is 5.52 Å². The maximum absolute atomic E-state index is 12.6. The third-order valence-electron chi connectivity index (χ3n) is 4.96. The molecule has 27 heavy (non-hydrogen) atoms. The van der Waals surface area contributed by atoms with Gasteiger partial charge in [-0.15, -0.1) is 0 Å². The van der Waals surface area contributed by atoms with E-state index in [-0.39, 0.29) is 5.91 Å². The number of carbonyl (C=O) groups is 1. The number of amides is 1. The summed E-state index contributed by atoms with van der Waals surface area (Å²) in [5, 5.41) is 10.6. The number of likely N-dealkylation sites (N-methyl/N-ethyl adjacent to an activating group) is 1. The number of pyridine rings is 1. The van der Waals surface area contributed by atoms with Crippen LogP contribution in [0.15, 0.2) is 30.7 Å². The Morgan fingerprint density at radius 3 is 2.78 bits per heavy atom. The quantitative estimate of drug-likeness (QED) is 0.733. The maximum Gasteiger partial charge on any atom is 0.275 e. The summed E-state index contributed by atoms with van der Waals surface area (Å²) in [6.07, 6.45) is 6.19. The van der Waals surface area contributed by atoms with Crippen LogP contribution >= 0.6 is 0 Å². The Morgan fingerprint density at radius 1 is 1.22 bits per heavy atom. The summed E-state index contributed by atoms with van der Waals surface area (Å²) in [6.45, 7) is 5.72. The van der Waals surface area contributed by atoms with E-state index in [9.17, 15) is 4.79 Å². The number of rotatable bonds is 4. The fraction of sp³-hybridized carbons (Fsp3) is 0.368. The van der Waals surface area contributed by atoms with Crippen LogP contribution in [-0.4, -0.2) is 51.7 Å². The summed E-state index contributed by atoms with van der Waals surface area (Å²) in [7, 11) is 1.97. The molecule has 0 bridgehead atoms. The van der Waals surface area contributed by atoms with E-state index in [0.717, 1.165) is 47.8 Å². The number of carbonyl (C=O) groups excluding carboxylic acids is 1. The van der Waals surface area contributed by atoms with Gasteiger partial charge >= 0.3 is 0 Å². The van der Waals surface area contributed by atoms with Gasteiger partial charge in [-0.25, -0.2) is 14.5 Å². The molecule has 1 aliphatic heterocycles. The first kappa shape index (κ1) is 17.4. The molecular weight excluding hydrogens is 342 g/mol. The molecule has 4 rings (SSSR count). The normalized spacial score (nSPS) is 16.9. The van der Waals surface area contributed by atoms with Gasteiger partial charge < -0.3 is 15.5 Å². The van der Waals surface area contributed by atoms with Crippen LogP contribution < -0.4 is 15.5 Å². The molecule has 1 aliphatic rings. The van der Waals surface area contributed by atoms with E-state index in [4.69, 9.17) is 0 Å². The molecule has 3 aromatic rings. The minimum atomic E-state index is -0.271. The highest BCUT2D eigenvalue weighted by Gasteiger charge is 2.22. The van der Waals surface area contributed by atoms with Crippen LogP contribution in [0.2, 0.25) is 0 Å². The zero-order valence-electron chi connectivity index (χ0n) is 15.7. The molecule has 0 unspecified atom stereocenters. The van der Waals surface area contributed by atoms with E-state index in [1.807, 2.05) is 43.7 Å². The lowest BCUT2D eigenvalue weighted by Gasteiger charge is -2.17. The molecule has 0 radical (unpaired) electrons. The minimum absolute atomic E-state index is 0.271. The molecule has 1 amide bonds. The van der Waals surface area contributed by atoms with Crippen LogP contribution in [0.4, 0.5) is 11.5 Å². The predicted molar refractivity (Wildman–Crippen MR) is 104 cm³/mol. The highest BCUT2D eigenvalue weighted by molar-refractivity contribution is 6.03. The molecule has 2 N–H and O–H groups in total. The van der Waals surface area contributed by atoms with Gasteiger partial charge in [0.2, 0.25) is 0 Å². The van der Waals surface area contributed by atoms with Gasteiger partial charge in [0.15, 0.2) is 0 Å². The Labute approximate surface area is 157 Å². The van der Waals surface area contributed by atoms with Crippen molar-refractivity contribution in [3.63, 3.8) is 0 Å². The Bertz CT molecular complexity index is 980. The van der Waals surface area contributed by atoms with Crippen LogP contribution in [0, 0.1) is 13.8 Å². The number of aromatic nitrogens is 4. The molecule has 1 saturated heterocycles. The predicted octanol–water partition coefficient (Wildman–Crippen LogP) is 1.79. The first-order valence-electron chi connectivity index (χ1n) is 9.06. The summed E-state index contributed by atoms with van der Waals surface area (Å²) in [5.41, 5.74) is 3.84. The second-order valence-electron chi connectivity index (χ2n) is 6.96. The average Bonchev–Trinajstić information content (AvgIpc) is 3.27. The first-order valence-corrected chi connectivity index (χ1v) is 9.06. The molecule has 1 atom stereocenters. The summed E-state index contributed by atoms with van der Waals surface area (Å²) >= 11 is 0. The third-order valence-corrected chi connectivity index (χ3v) is 4.96. The smallest absolute Gasteiger partial charge is 0.275 e. The standard InChI is InChI=1S/C19H23N7O/c1-12-10-26-15(6-13(2)24-26)7-16(12)23-19(27)17-8-22-18(9-21-17)25-5-4-14(11-25)20-3/h6-10,14,20H,4-5,11H2,1-3H3,(H,23,27)/t14-/m1/s1. The fourth-order valence-electron chi connectivity index (χ4n) is 3.39. The van der Waals surface area contributed by atoms with E-state index >= 15 is 0 Å². The molecular formula is C19H23N7O. The Hall–Kier alpha value is -3.00. The van der Waals surface area contributed by atoms with Crippen LogP contribution in [0.5, 0.6) is 0 Å². The van der Waals surface area contributed by atoms with Crippen molar-refractivity contribution in [3.05, 3.63) is 47.7 Å². The number of aryl methyl sites for hydroxylation is 2. The van der Waals surface area contributed by atoms with Crippen molar-refractivity contribution in [2.24, 2.45) is 0 Å². The number of hydrogen-bond donors (Lipinski definition) is 2. The molecule has 140 valence electrons. The zero-order chi connectivity index (χ0) is 19.0. The molecule has 0 aliphatic carbocycles. The number of nitrogens with one attached hydrogen (secondary N) is 2. The number of fused-ring (bicyclic) bond motifs is 1. The molecule has 0 saturated carbocycles. The van der Waals surface area contributed by atoms with Gasteiger partial charge in [-0.1, -0.05) is 0 Å². The van der Waals surface area contributed by atoms with Crippen molar-refractivity contribution >= 4 is 22.9 Å². The summed E-state index contributed by atoms with van der Waals surface area (Å²) in [5.74, 6) is 0.531. The van der Waals surface area contributed by atoms with E-state index < -0.39 is 0 Å². The zero-order valence-corrected chi connectivity index (χ0v) is 15.7. The monoisotopic (exact) mass is 365 g/mol. The van der Waals surface area contributed by atoms with E-state index in [1.165, 1.54) is 6.20 Å². The minimum Gasteiger partial charge on any atom is -0.354 e. The van der Waals surface area contributed by atoms with Gasteiger partial charge in [0.25, 0.3) is 5.91 Å². The van der Waals surface area contributed by atoms with E-state index in [1.54, 1.807) is 6.20 Å². The average molecular weight is 365 g/mol. The maximum atomic E-state index is 12.6. The number of nitrogens with zero attached hydrogens (tertiary/aromatic N) is 5. The highest BCUT2D eigenvalue weighted by Crippen LogP contribution is 2.20. The lowest BCUT2D eigenvalue weighted by molar-refractivity contribution is 0.102. The first-order chi connectivity index (χ1) is 13.0. The van der Waals surface area contributed by atoms with Crippen LogP contribution in [0.3, 0.4) is 0 Å². The second kappa shape index (κ2) is 6.96. The third kappa shape index (κ3) is 3.48. The van der Waals surface area contributed by atoms with Gasteiger partial charge in [-0.3, -0.25) is 4.79 Å². The number of anilines is 2. The molecule has 0 spiro atoms. The molecule has 1 fully saturated rings. The van der Waals surface area contributed by atoms with Gasteiger partial charge in [-0.05, 0) is 45.0 Å². The highest BCUT2D eigenvalue weighted by atomic mass is 16.1. The Morgan fingerprint density at radius 2 is 2.07 bits per heavy atom. The van der Waals surface area contributed by atoms with Crippen molar-refractivity contribution in [3.8, 4) is 0 Å². The van der Waals surface area contributed by atoms with E-state index in [0.29, 0.717) is 11.7 Å². The van der Waals surface area contributed by atoms with E-state index in [2.05, 4.69) is 30.6 Å². The SMILES string of the molecule is CN[C@@H]1CCN(c2cnc(C(=O)Nc3cc4cc(C)nn4cc3C)cn2)C1. The van der Waals surface area contributed by atoms with Crippen molar-refractivity contribution in [2.45, 2.75) is 26.3 Å². The summed E-state index contributed by atoms with van der Waals surface area (Å²) < 4.78 is 1.81. The Kier molecular flexibility index (Phi) is 4.49. The van der Waals surface area contributed by atoms with Crippen molar-refractivity contribution < 1.29 is 4.79 Å². The summed E-state index contributed by atoms with van der Waals surface area (Å²) in [4.78, 5) is 23.5. The van der Waals surface area contributed by atoms with Crippen molar-refractivity contribution in [1.82, 2.24) is 24.9 Å². The lowest BCUT2D eigenvalue weighted by Crippen LogP contribution is -2.30. The van der Waals surface area contributed by atoms with Crippen LogP contribution in [0.1, 0.15) is 28.2 Å². The van der Waals surface area contributed by atoms with Crippen molar-refractivity contribution in [1.29, 1.82) is 0 Å². The molecule has 8 heteroatoms. The molecule has 0 aromatic carbocycles. The number of hydrogen-bond acceptors (Lipinski definition) is 6. The molecule has 3 aromatic heterocycles. The van der Waals surface area contributed by atoms with Gasteiger partial charge in [-0.2, -0.15) is 5.10 Å². The van der Waals surface area contributed by atoms with Gasteiger partial charge in [0.05, 0.1) is 23.6 Å². The Balaban J connectivity index is 1.49. The lowest BCUT2D eigenvalue weighted by atomic mass is 10.2. The molecule has 4 heterocycles. The summed E-state index contributed by atoms with van der Waals surface area (Å²) in [6, 6.07) is 4.36. The van der Waals surface area contributed by atoms with Crippen molar-refractivity contribution in [2.75, 3.05) is 30.4 Å². The second-order valence-corrected chi connectivity index (χ2v) is 6.96. The topological polar surface area (TPSA) is 87.5 Å².